The van der Waals surface area contributed by atoms with Crippen molar-refractivity contribution in [1.29, 1.82) is 0 Å². The summed E-state index contributed by atoms with van der Waals surface area (Å²) < 4.78 is 47.7. The number of hydrogen-bond acceptors (Lipinski definition) is 7. The SMILES string of the molecule is C.CCC.COc1ccc(-c2ncoc2-c2ccccc2S(N)(=O)=O)cc1F.NC(=O)S.NC(=O)S.O. The van der Waals surface area contributed by atoms with Crippen molar-refractivity contribution in [2.75, 3.05) is 7.11 Å². The molecule has 0 saturated carbocycles. The standard InChI is InChI=1S/C16H13FN2O4S.C3H8.2CH3NOS.CH4.H2O/c1-22-13-7-6-10(8-12(13)17)15-16(23-9-19-15)11-4-2-3-5-14(11)24(18,20)21;1-3-2;2*2-1(3)4;;/h2-9H,1H3,(H2,18,20,21);3H2,1-2H3;2*(H3,2,3,4);1H4;1H2. The van der Waals surface area contributed by atoms with Crippen molar-refractivity contribution in [3.05, 3.63) is 54.7 Å². The number of nitrogens with zero attached hydrogens (tertiary/aromatic N) is 1. The number of methoxy groups -OCH3 is 1. The molecule has 0 saturated heterocycles. The molecule has 0 aliphatic rings. The van der Waals surface area contributed by atoms with Crippen LogP contribution in [0.5, 0.6) is 5.75 Å². The molecule has 0 bridgehead atoms. The summed E-state index contributed by atoms with van der Waals surface area (Å²) >= 11 is 6.21. The van der Waals surface area contributed by atoms with E-state index in [1.54, 1.807) is 24.3 Å². The zero-order chi connectivity index (χ0) is 27.2. The molecule has 1 heterocycles. The Balaban J connectivity index is -0.000000762. The number of hydrogen-bond donors (Lipinski definition) is 5. The molecule has 0 unspecified atom stereocenters. The van der Waals surface area contributed by atoms with Crippen LogP contribution in [0, 0.1) is 5.82 Å². The fourth-order valence-corrected chi connectivity index (χ4v) is 3.09. The molecule has 3 aromatic rings. The Morgan fingerprint density at radius 1 is 1.08 bits per heavy atom. The van der Waals surface area contributed by atoms with Crippen LogP contribution >= 0.6 is 25.3 Å². The van der Waals surface area contributed by atoms with Crippen molar-refractivity contribution in [2.45, 2.75) is 32.6 Å². The van der Waals surface area contributed by atoms with Gasteiger partial charge in [0.25, 0.3) is 10.5 Å². The number of amides is 2. The number of nitrogens with two attached hydrogens (primary N) is 3. The number of aromatic nitrogens is 1. The molecule has 8 N–H and O–H groups in total. The van der Waals surface area contributed by atoms with Crippen LogP contribution in [-0.4, -0.2) is 36.5 Å². The Kier molecular flexibility index (Phi) is 19.8. The van der Waals surface area contributed by atoms with E-state index in [1.165, 1.54) is 31.7 Å². The third-order valence-corrected chi connectivity index (χ3v) is 4.40. The monoisotopic (exact) mass is 580 g/mol. The predicted octanol–water partition coefficient (Wildman–Crippen LogP) is 4.02. The first kappa shape index (κ1) is 38.4. The number of carbonyl (C=O) groups excluding carboxylic acids is 2. The van der Waals surface area contributed by atoms with Crippen LogP contribution in [0.3, 0.4) is 0 Å². The van der Waals surface area contributed by atoms with Crippen molar-refractivity contribution in [3.8, 4) is 28.3 Å². The summed E-state index contributed by atoms with van der Waals surface area (Å²) in [4.78, 5) is 22.1. The maximum absolute atomic E-state index is 13.9. The highest BCUT2D eigenvalue weighted by Gasteiger charge is 2.21. The number of benzene rings is 2. The first-order valence-corrected chi connectivity index (χ1v) is 12.1. The average Bonchev–Trinajstić information content (AvgIpc) is 3.23. The van der Waals surface area contributed by atoms with E-state index >= 15 is 0 Å². The molecule has 15 heteroatoms. The van der Waals surface area contributed by atoms with Gasteiger partial charge in [-0.25, -0.2) is 22.9 Å². The summed E-state index contributed by atoms with van der Waals surface area (Å²) in [6.07, 6.45) is 2.41. The van der Waals surface area contributed by atoms with E-state index in [0.717, 1.165) is 6.39 Å². The van der Waals surface area contributed by atoms with Gasteiger partial charge < -0.3 is 26.1 Å². The third-order valence-electron chi connectivity index (χ3n) is 3.43. The summed E-state index contributed by atoms with van der Waals surface area (Å²) in [6, 6.07) is 10.4. The quantitative estimate of drug-likeness (QED) is 0.285. The number of carbonyl (C=O) groups is 2. The van der Waals surface area contributed by atoms with Crippen molar-refractivity contribution in [2.24, 2.45) is 16.6 Å². The Morgan fingerprint density at radius 2 is 1.57 bits per heavy atom. The molecule has 1 aromatic heterocycles. The molecule has 37 heavy (non-hydrogen) atoms. The minimum absolute atomic E-state index is 0. The highest BCUT2D eigenvalue weighted by Crippen LogP contribution is 2.35. The van der Waals surface area contributed by atoms with Crippen molar-refractivity contribution < 1.29 is 37.0 Å². The number of primary amides is 2. The van der Waals surface area contributed by atoms with Gasteiger partial charge in [0.05, 0.1) is 12.0 Å². The topological polar surface area (TPSA) is 213 Å². The summed E-state index contributed by atoms with van der Waals surface area (Å²) in [5, 5.41) is 3.97. The highest BCUT2D eigenvalue weighted by atomic mass is 32.2. The first-order chi connectivity index (χ1) is 16.3. The summed E-state index contributed by atoms with van der Waals surface area (Å²) in [7, 11) is -2.60. The lowest BCUT2D eigenvalue weighted by atomic mass is 10.1. The Labute approximate surface area is 226 Å². The normalized spacial score (nSPS) is 9.27. The second kappa shape index (κ2) is 19.1. The minimum Gasteiger partial charge on any atom is -0.494 e. The molecule has 2 aromatic carbocycles. The maximum atomic E-state index is 13.9. The molecule has 0 fully saturated rings. The van der Waals surface area contributed by atoms with E-state index in [2.05, 4.69) is 55.6 Å². The van der Waals surface area contributed by atoms with Gasteiger partial charge in [0.2, 0.25) is 10.0 Å². The summed E-state index contributed by atoms with van der Waals surface area (Å²) in [5.74, 6) is -0.290. The van der Waals surface area contributed by atoms with E-state index in [-0.39, 0.29) is 34.9 Å². The zero-order valence-electron chi connectivity index (χ0n) is 19.6. The van der Waals surface area contributed by atoms with Gasteiger partial charge in [-0.3, -0.25) is 9.59 Å². The number of rotatable bonds is 4. The molecule has 11 nitrogen and oxygen atoms in total. The number of primary sulfonamides is 1. The lowest BCUT2D eigenvalue weighted by Gasteiger charge is -2.08. The molecule has 0 radical (unpaired) electrons. The van der Waals surface area contributed by atoms with Crippen LogP contribution in [0.25, 0.3) is 22.6 Å². The van der Waals surface area contributed by atoms with Gasteiger partial charge in [-0.2, -0.15) is 0 Å². The van der Waals surface area contributed by atoms with Gasteiger partial charge in [-0.1, -0.05) is 65.1 Å². The van der Waals surface area contributed by atoms with Gasteiger partial charge in [0.15, 0.2) is 23.7 Å². The van der Waals surface area contributed by atoms with E-state index in [1.807, 2.05) is 0 Å². The molecule has 2 amide bonds. The Morgan fingerprint density at radius 3 is 2.00 bits per heavy atom. The largest absolute Gasteiger partial charge is 0.494 e. The van der Waals surface area contributed by atoms with Gasteiger partial charge in [-0.15, -0.1) is 0 Å². The molecule has 3 rings (SSSR count). The molecule has 208 valence electrons. The maximum Gasteiger partial charge on any atom is 0.273 e. The predicted molar refractivity (Wildman–Crippen MR) is 149 cm³/mol. The first-order valence-electron chi connectivity index (χ1n) is 9.66. The molecule has 0 aliphatic heterocycles. The van der Waals surface area contributed by atoms with Gasteiger partial charge in [0, 0.05) is 11.1 Å². The molecule has 0 atom stereocenters. The van der Waals surface area contributed by atoms with Crippen LogP contribution in [0.4, 0.5) is 14.0 Å². The lowest BCUT2D eigenvalue weighted by molar-refractivity contribution is 0.266. The minimum atomic E-state index is -3.96. The van der Waals surface area contributed by atoms with Gasteiger partial charge in [0.1, 0.15) is 5.69 Å². The second-order valence-electron chi connectivity index (χ2n) is 6.30. The van der Waals surface area contributed by atoms with Crippen LogP contribution in [0.15, 0.2) is 58.2 Å². The smallest absolute Gasteiger partial charge is 0.273 e. The third kappa shape index (κ3) is 14.3. The zero-order valence-corrected chi connectivity index (χ0v) is 22.2. The van der Waals surface area contributed by atoms with E-state index in [9.17, 15) is 12.8 Å². The highest BCUT2D eigenvalue weighted by molar-refractivity contribution is 7.96. The summed E-state index contributed by atoms with van der Waals surface area (Å²) in [6.45, 7) is 4.25. The Bertz CT molecular complexity index is 1200. The van der Waals surface area contributed by atoms with Crippen molar-refractivity contribution >= 4 is 45.8 Å². The molecular formula is C22H33FN4O7S3. The van der Waals surface area contributed by atoms with Crippen LogP contribution in [0.1, 0.15) is 27.7 Å². The van der Waals surface area contributed by atoms with Gasteiger partial charge >= 0.3 is 0 Å². The summed E-state index contributed by atoms with van der Waals surface area (Å²) in [5.41, 5.74) is 9.64. The lowest BCUT2D eigenvalue weighted by Crippen LogP contribution is -2.13. The molecular weight excluding hydrogens is 547 g/mol. The van der Waals surface area contributed by atoms with E-state index in [4.69, 9.17) is 23.9 Å². The van der Waals surface area contributed by atoms with Crippen LogP contribution in [-0.2, 0) is 10.0 Å². The van der Waals surface area contributed by atoms with E-state index < -0.39 is 26.3 Å². The van der Waals surface area contributed by atoms with Crippen molar-refractivity contribution in [1.82, 2.24) is 4.98 Å². The fourth-order valence-electron chi connectivity index (χ4n) is 2.36. The molecule has 0 aliphatic carbocycles. The number of oxazole rings is 1. The second-order valence-corrected chi connectivity index (χ2v) is 8.72. The average molecular weight is 581 g/mol. The molecule has 0 spiro atoms. The van der Waals surface area contributed by atoms with Crippen molar-refractivity contribution in [3.63, 3.8) is 0 Å². The van der Waals surface area contributed by atoms with Gasteiger partial charge in [-0.05, 0) is 30.3 Å². The Hall–Kier alpha value is -3.11. The number of sulfonamides is 1. The number of ether oxygens (including phenoxy) is 1. The van der Waals surface area contributed by atoms with E-state index in [0.29, 0.717) is 11.3 Å². The van der Waals surface area contributed by atoms with Crippen LogP contribution < -0.4 is 21.3 Å². The number of halogens is 1. The fraction of sp³-hybridized carbons (Fsp3) is 0.227. The van der Waals surface area contributed by atoms with Crippen LogP contribution in [0.2, 0.25) is 0 Å². The number of thiol groups is 2.